The van der Waals surface area contributed by atoms with E-state index in [9.17, 15) is 19.1 Å². The van der Waals surface area contributed by atoms with Crippen molar-refractivity contribution in [3.8, 4) is 11.1 Å². The highest BCUT2D eigenvalue weighted by molar-refractivity contribution is 6.01. The standard InChI is InChI=1S/C25H30FN5O3/c26-18-11-9-16(10-12-18)19-14-28-23-20(24(32)30-21(25(33)34)8-4-5-13-27)15-29-31(23)22(19)17-6-2-1-3-7-17/h9-12,14-15,17,21H,1-8,13,27H2,(H,30,32)(H,33,34)/t21-/m0/s1. The van der Waals surface area contributed by atoms with Gasteiger partial charge in [-0.3, -0.25) is 4.79 Å². The molecule has 1 aliphatic rings. The molecule has 0 spiro atoms. The average Bonchev–Trinajstić information content (AvgIpc) is 3.28. The third-order valence-electron chi connectivity index (χ3n) is 6.51. The van der Waals surface area contributed by atoms with Crippen LogP contribution >= 0.6 is 0 Å². The second-order valence-corrected chi connectivity index (χ2v) is 8.84. The number of aromatic nitrogens is 3. The molecular formula is C25H30FN5O3. The summed E-state index contributed by atoms with van der Waals surface area (Å²) in [4.78, 5) is 29.2. The van der Waals surface area contributed by atoms with Crippen molar-refractivity contribution < 1.29 is 19.1 Å². The monoisotopic (exact) mass is 467 g/mol. The predicted octanol–water partition coefficient (Wildman–Crippen LogP) is 3.90. The molecule has 0 radical (unpaired) electrons. The number of carboxylic acid groups (broad SMARTS) is 1. The summed E-state index contributed by atoms with van der Waals surface area (Å²) in [6.45, 7) is 0.471. The number of benzene rings is 1. The van der Waals surface area contributed by atoms with Crippen LogP contribution < -0.4 is 11.1 Å². The van der Waals surface area contributed by atoms with Crippen molar-refractivity contribution in [2.75, 3.05) is 6.54 Å². The number of halogens is 1. The number of hydrogen-bond donors (Lipinski definition) is 3. The highest BCUT2D eigenvalue weighted by Gasteiger charge is 2.27. The first-order valence-electron chi connectivity index (χ1n) is 11.9. The van der Waals surface area contributed by atoms with Gasteiger partial charge in [0.1, 0.15) is 17.4 Å². The van der Waals surface area contributed by atoms with E-state index in [2.05, 4.69) is 15.4 Å². The Morgan fingerprint density at radius 1 is 1.15 bits per heavy atom. The smallest absolute Gasteiger partial charge is 0.326 e. The first kappa shape index (κ1) is 23.8. The normalized spacial score (nSPS) is 15.4. The molecule has 1 saturated carbocycles. The number of nitrogens with two attached hydrogens (primary N) is 1. The van der Waals surface area contributed by atoms with Gasteiger partial charge in [-0.1, -0.05) is 31.4 Å². The fourth-order valence-electron chi connectivity index (χ4n) is 4.72. The first-order valence-corrected chi connectivity index (χ1v) is 11.9. The van der Waals surface area contributed by atoms with Crippen molar-refractivity contribution >= 4 is 17.5 Å². The van der Waals surface area contributed by atoms with E-state index < -0.39 is 17.9 Å². The Labute approximate surface area is 197 Å². The molecule has 4 N–H and O–H groups in total. The van der Waals surface area contributed by atoms with E-state index in [0.29, 0.717) is 31.5 Å². The molecular weight excluding hydrogens is 437 g/mol. The molecule has 2 aromatic heterocycles. The quantitative estimate of drug-likeness (QED) is 0.410. The van der Waals surface area contributed by atoms with Crippen LogP contribution in [-0.4, -0.2) is 44.2 Å². The van der Waals surface area contributed by atoms with E-state index >= 15 is 0 Å². The molecule has 1 aliphatic carbocycles. The van der Waals surface area contributed by atoms with E-state index in [-0.39, 0.29) is 17.3 Å². The van der Waals surface area contributed by atoms with Gasteiger partial charge in [-0.2, -0.15) is 5.10 Å². The van der Waals surface area contributed by atoms with Crippen LogP contribution in [0.3, 0.4) is 0 Å². The maximum atomic E-state index is 13.5. The summed E-state index contributed by atoms with van der Waals surface area (Å²) in [6, 6.07) is 5.28. The van der Waals surface area contributed by atoms with E-state index in [4.69, 9.17) is 5.73 Å². The molecule has 0 bridgehead atoms. The third kappa shape index (κ3) is 5.09. The number of carbonyl (C=O) groups is 2. The van der Waals surface area contributed by atoms with Gasteiger partial charge in [0.05, 0.1) is 11.9 Å². The predicted molar refractivity (Wildman–Crippen MR) is 126 cm³/mol. The fourth-order valence-corrected chi connectivity index (χ4v) is 4.72. The van der Waals surface area contributed by atoms with E-state index in [1.165, 1.54) is 24.8 Å². The molecule has 4 rings (SSSR count). The number of carbonyl (C=O) groups excluding carboxylic acids is 1. The summed E-state index contributed by atoms with van der Waals surface area (Å²) < 4.78 is 15.2. The van der Waals surface area contributed by atoms with E-state index in [1.807, 2.05) is 0 Å². The number of hydrogen-bond acceptors (Lipinski definition) is 5. The lowest BCUT2D eigenvalue weighted by Gasteiger charge is -2.25. The van der Waals surface area contributed by atoms with Crippen LogP contribution in [0.25, 0.3) is 16.8 Å². The summed E-state index contributed by atoms with van der Waals surface area (Å²) in [7, 11) is 0. The minimum absolute atomic E-state index is 0.229. The van der Waals surface area contributed by atoms with Crippen LogP contribution in [0.2, 0.25) is 0 Å². The zero-order chi connectivity index (χ0) is 24.1. The summed E-state index contributed by atoms with van der Waals surface area (Å²) >= 11 is 0. The van der Waals surface area contributed by atoms with Gasteiger partial charge in [-0.15, -0.1) is 0 Å². The van der Waals surface area contributed by atoms with Gasteiger partial charge < -0.3 is 16.2 Å². The number of fused-ring (bicyclic) bond motifs is 1. The molecule has 0 aliphatic heterocycles. The molecule has 34 heavy (non-hydrogen) atoms. The second kappa shape index (κ2) is 10.7. The van der Waals surface area contributed by atoms with Gasteiger partial charge in [0, 0.05) is 17.7 Å². The Kier molecular flexibility index (Phi) is 7.52. The van der Waals surface area contributed by atoms with Crippen molar-refractivity contribution in [3.63, 3.8) is 0 Å². The number of amides is 1. The molecule has 1 atom stereocenters. The minimum atomic E-state index is -1.09. The van der Waals surface area contributed by atoms with Crippen LogP contribution in [0, 0.1) is 5.82 Å². The second-order valence-electron chi connectivity index (χ2n) is 8.84. The van der Waals surface area contributed by atoms with Gasteiger partial charge in [-0.25, -0.2) is 18.7 Å². The topological polar surface area (TPSA) is 123 Å². The fraction of sp³-hybridized carbons (Fsp3) is 0.440. The third-order valence-corrected chi connectivity index (χ3v) is 6.51. The maximum absolute atomic E-state index is 13.5. The zero-order valence-electron chi connectivity index (χ0n) is 19.0. The van der Waals surface area contributed by atoms with Crippen molar-refractivity contribution in [3.05, 3.63) is 53.7 Å². The van der Waals surface area contributed by atoms with Crippen molar-refractivity contribution in [2.24, 2.45) is 5.73 Å². The molecule has 1 fully saturated rings. The van der Waals surface area contributed by atoms with Crippen molar-refractivity contribution in [1.82, 2.24) is 19.9 Å². The lowest BCUT2D eigenvalue weighted by molar-refractivity contribution is -0.139. The van der Waals surface area contributed by atoms with Crippen molar-refractivity contribution in [2.45, 2.75) is 63.3 Å². The van der Waals surface area contributed by atoms with Crippen LogP contribution in [0.15, 0.2) is 36.7 Å². The lowest BCUT2D eigenvalue weighted by atomic mass is 9.84. The first-order chi connectivity index (χ1) is 16.5. The van der Waals surface area contributed by atoms with E-state index in [1.54, 1.807) is 22.8 Å². The van der Waals surface area contributed by atoms with Crippen LogP contribution in [0.5, 0.6) is 0 Å². The zero-order valence-corrected chi connectivity index (χ0v) is 19.0. The molecule has 2 heterocycles. The van der Waals surface area contributed by atoms with Gasteiger partial charge in [-0.05, 0) is 56.3 Å². The Balaban J connectivity index is 1.71. The molecule has 1 amide bonds. The summed E-state index contributed by atoms with van der Waals surface area (Å²) in [5, 5.41) is 16.6. The van der Waals surface area contributed by atoms with Gasteiger partial charge in [0.2, 0.25) is 0 Å². The number of aliphatic carboxylic acids is 1. The van der Waals surface area contributed by atoms with Gasteiger partial charge in [0.25, 0.3) is 5.91 Å². The SMILES string of the molecule is NCCCC[C@H](NC(=O)c1cnn2c(C3CCCCC3)c(-c3ccc(F)cc3)cnc12)C(=O)O. The number of rotatable bonds is 9. The van der Waals surface area contributed by atoms with Crippen LogP contribution in [0.4, 0.5) is 4.39 Å². The molecule has 1 aromatic carbocycles. The highest BCUT2D eigenvalue weighted by atomic mass is 19.1. The van der Waals surface area contributed by atoms with Gasteiger partial charge in [0.15, 0.2) is 5.65 Å². The van der Waals surface area contributed by atoms with Gasteiger partial charge >= 0.3 is 5.97 Å². The van der Waals surface area contributed by atoms with Crippen LogP contribution in [0.1, 0.15) is 73.3 Å². The largest absolute Gasteiger partial charge is 0.480 e. The summed E-state index contributed by atoms with van der Waals surface area (Å²) in [5.74, 6) is -1.68. The van der Waals surface area contributed by atoms with E-state index in [0.717, 1.165) is 42.5 Å². The van der Waals surface area contributed by atoms with Crippen molar-refractivity contribution in [1.29, 1.82) is 0 Å². The number of carboxylic acids is 1. The summed E-state index contributed by atoms with van der Waals surface area (Å²) in [5.41, 5.74) is 8.76. The maximum Gasteiger partial charge on any atom is 0.326 e. The minimum Gasteiger partial charge on any atom is -0.480 e. The average molecular weight is 468 g/mol. The molecule has 9 heteroatoms. The Morgan fingerprint density at radius 3 is 2.56 bits per heavy atom. The molecule has 0 unspecified atom stereocenters. The molecule has 3 aromatic rings. The number of unbranched alkanes of at least 4 members (excludes halogenated alkanes) is 1. The molecule has 8 nitrogen and oxygen atoms in total. The van der Waals surface area contributed by atoms with Crippen LogP contribution in [-0.2, 0) is 4.79 Å². The molecule has 0 saturated heterocycles. The number of nitrogens with one attached hydrogen (secondary N) is 1. The summed E-state index contributed by atoms with van der Waals surface area (Å²) in [6.07, 6.45) is 10.1. The number of nitrogens with zero attached hydrogens (tertiary/aromatic N) is 3. The Hall–Kier alpha value is -3.33. The Bertz CT molecular complexity index is 1160. The molecule has 180 valence electrons. The Morgan fingerprint density at radius 2 is 1.88 bits per heavy atom. The lowest BCUT2D eigenvalue weighted by Crippen LogP contribution is -2.40. The highest BCUT2D eigenvalue weighted by Crippen LogP contribution is 2.38.